The quantitative estimate of drug-likeness (QED) is 0.411. The lowest BCUT2D eigenvalue weighted by molar-refractivity contribution is -0.114. The van der Waals surface area contributed by atoms with Crippen molar-refractivity contribution in [2.45, 2.75) is 25.9 Å². The standard InChI is InChI=1S/C24H33N5O3/c1-4-25-24(26-15-23(30)27-19-8-6-5-7-9-19)28-20-10-11-29(17-20)16-18-12-21(31-2)14-22(13-18)32-3/h5-9,12-14,20H,4,10-11,15-17H2,1-3H3,(H,27,30)(H2,25,26,28). The molecule has 8 nitrogen and oxygen atoms in total. The highest BCUT2D eigenvalue weighted by atomic mass is 16.5. The third-order valence-electron chi connectivity index (χ3n) is 5.21. The van der Waals surface area contributed by atoms with Gasteiger partial charge in [0.05, 0.1) is 14.2 Å². The largest absolute Gasteiger partial charge is 0.497 e. The minimum Gasteiger partial charge on any atom is -0.497 e. The van der Waals surface area contributed by atoms with Gasteiger partial charge < -0.3 is 25.4 Å². The van der Waals surface area contributed by atoms with Gasteiger partial charge in [0, 0.05) is 44.0 Å². The summed E-state index contributed by atoms with van der Waals surface area (Å²) in [5, 5.41) is 9.55. The third-order valence-corrected chi connectivity index (χ3v) is 5.21. The molecule has 1 saturated heterocycles. The molecule has 1 atom stereocenters. The Morgan fingerprint density at radius 1 is 1.12 bits per heavy atom. The van der Waals surface area contributed by atoms with Crippen molar-refractivity contribution in [1.29, 1.82) is 0 Å². The van der Waals surface area contributed by atoms with E-state index in [-0.39, 0.29) is 18.5 Å². The van der Waals surface area contributed by atoms with Gasteiger partial charge in [-0.25, -0.2) is 4.99 Å². The molecule has 32 heavy (non-hydrogen) atoms. The van der Waals surface area contributed by atoms with Gasteiger partial charge in [-0.15, -0.1) is 0 Å². The number of carbonyl (C=O) groups excluding carboxylic acids is 1. The maximum Gasteiger partial charge on any atom is 0.246 e. The summed E-state index contributed by atoms with van der Waals surface area (Å²) in [6.45, 7) is 5.49. The van der Waals surface area contributed by atoms with Crippen molar-refractivity contribution in [2.24, 2.45) is 4.99 Å². The Balaban J connectivity index is 1.52. The molecule has 0 spiro atoms. The number of guanidine groups is 1. The number of nitrogens with one attached hydrogen (secondary N) is 3. The van der Waals surface area contributed by atoms with Crippen LogP contribution >= 0.6 is 0 Å². The molecule has 1 heterocycles. The van der Waals surface area contributed by atoms with E-state index in [4.69, 9.17) is 9.47 Å². The van der Waals surface area contributed by atoms with Gasteiger partial charge in [0.15, 0.2) is 5.96 Å². The molecule has 1 aliphatic heterocycles. The average Bonchev–Trinajstić information content (AvgIpc) is 3.24. The molecule has 3 N–H and O–H groups in total. The van der Waals surface area contributed by atoms with Gasteiger partial charge in [-0.2, -0.15) is 0 Å². The maximum atomic E-state index is 12.2. The summed E-state index contributed by atoms with van der Waals surface area (Å²) in [5.41, 5.74) is 1.92. The fourth-order valence-electron chi connectivity index (χ4n) is 3.70. The van der Waals surface area contributed by atoms with E-state index in [0.29, 0.717) is 5.96 Å². The summed E-state index contributed by atoms with van der Waals surface area (Å²) < 4.78 is 10.8. The van der Waals surface area contributed by atoms with Crippen molar-refractivity contribution in [1.82, 2.24) is 15.5 Å². The molecule has 1 amide bonds. The maximum absolute atomic E-state index is 12.2. The van der Waals surface area contributed by atoms with Gasteiger partial charge in [-0.1, -0.05) is 18.2 Å². The second-order valence-electron chi connectivity index (χ2n) is 7.70. The number of aliphatic imine (C=N–C) groups is 1. The fourth-order valence-corrected chi connectivity index (χ4v) is 3.70. The van der Waals surface area contributed by atoms with Crippen molar-refractivity contribution in [2.75, 3.05) is 45.7 Å². The van der Waals surface area contributed by atoms with Crippen LogP contribution in [0.4, 0.5) is 5.69 Å². The number of nitrogens with zero attached hydrogens (tertiary/aromatic N) is 2. The number of amides is 1. The number of likely N-dealkylation sites (tertiary alicyclic amines) is 1. The number of hydrogen-bond donors (Lipinski definition) is 3. The second-order valence-corrected chi connectivity index (χ2v) is 7.70. The van der Waals surface area contributed by atoms with E-state index in [1.165, 1.54) is 0 Å². The van der Waals surface area contributed by atoms with Crippen LogP contribution in [-0.2, 0) is 11.3 Å². The van der Waals surface area contributed by atoms with Crippen LogP contribution in [0.15, 0.2) is 53.5 Å². The van der Waals surface area contributed by atoms with E-state index in [0.717, 1.165) is 55.3 Å². The molecule has 0 bridgehead atoms. The van der Waals surface area contributed by atoms with Gasteiger partial charge in [-0.3, -0.25) is 9.69 Å². The van der Waals surface area contributed by atoms with Gasteiger partial charge in [0.1, 0.15) is 18.0 Å². The van der Waals surface area contributed by atoms with Gasteiger partial charge in [0.25, 0.3) is 0 Å². The number of para-hydroxylation sites is 1. The summed E-state index contributed by atoms with van der Waals surface area (Å²) in [4.78, 5) is 19.1. The molecule has 172 valence electrons. The monoisotopic (exact) mass is 439 g/mol. The van der Waals surface area contributed by atoms with Crippen molar-refractivity contribution < 1.29 is 14.3 Å². The predicted molar refractivity (Wildman–Crippen MR) is 127 cm³/mol. The molecule has 0 aliphatic carbocycles. The van der Waals surface area contributed by atoms with Crippen LogP contribution in [0.25, 0.3) is 0 Å². The molecular formula is C24H33N5O3. The van der Waals surface area contributed by atoms with Crippen LogP contribution in [-0.4, -0.2) is 63.2 Å². The van der Waals surface area contributed by atoms with E-state index in [1.807, 2.05) is 55.5 Å². The number of hydrogen-bond acceptors (Lipinski definition) is 5. The van der Waals surface area contributed by atoms with Crippen LogP contribution in [0.5, 0.6) is 11.5 Å². The van der Waals surface area contributed by atoms with Crippen molar-refractivity contribution >= 4 is 17.6 Å². The number of anilines is 1. The molecule has 0 aromatic heterocycles. The normalized spacial score (nSPS) is 16.5. The molecule has 1 unspecified atom stereocenters. The molecular weight excluding hydrogens is 406 g/mol. The molecule has 2 aromatic carbocycles. The van der Waals surface area contributed by atoms with Crippen LogP contribution in [0.3, 0.4) is 0 Å². The molecule has 2 aromatic rings. The van der Waals surface area contributed by atoms with E-state index in [9.17, 15) is 4.79 Å². The number of carbonyl (C=O) groups is 1. The van der Waals surface area contributed by atoms with Gasteiger partial charge >= 0.3 is 0 Å². The number of methoxy groups -OCH3 is 2. The van der Waals surface area contributed by atoms with E-state index in [1.54, 1.807) is 14.2 Å². The number of ether oxygens (including phenoxy) is 2. The zero-order valence-electron chi connectivity index (χ0n) is 19.1. The van der Waals surface area contributed by atoms with Crippen molar-refractivity contribution in [3.05, 3.63) is 54.1 Å². The summed E-state index contributed by atoms with van der Waals surface area (Å²) >= 11 is 0. The Hall–Kier alpha value is -3.26. The highest BCUT2D eigenvalue weighted by Crippen LogP contribution is 2.24. The minimum atomic E-state index is -0.145. The summed E-state index contributed by atoms with van der Waals surface area (Å²) in [7, 11) is 3.33. The summed E-state index contributed by atoms with van der Waals surface area (Å²) in [5.74, 6) is 2.10. The van der Waals surface area contributed by atoms with Crippen LogP contribution < -0.4 is 25.4 Å². The first-order valence-corrected chi connectivity index (χ1v) is 10.9. The molecule has 8 heteroatoms. The Kier molecular flexibility index (Phi) is 8.74. The minimum absolute atomic E-state index is 0.0598. The summed E-state index contributed by atoms with van der Waals surface area (Å²) in [6, 6.07) is 15.6. The molecule has 1 fully saturated rings. The van der Waals surface area contributed by atoms with Crippen LogP contribution in [0.1, 0.15) is 18.9 Å². The fraction of sp³-hybridized carbons (Fsp3) is 0.417. The van der Waals surface area contributed by atoms with E-state index < -0.39 is 0 Å². The van der Waals surface area contributed by atoms with Crippen LogP contribution in [0.2, 0.25) is 0 Å². The molecule has 0 saturated carbocycles. The van der Waals surface area contributed by atoms with Crippen molar-refractivity contribution in [3.8, 4) is 11.5 Å². The molecule has 0 radical (unpaired) electrons. The Morgan fingerprint density at radius 2 is 1.84 bits per heavy atom. The van der Waals surface area contributed by atoms with Crippen LogP contribution in [0, 0.1) is 0 Å². The smallest absolute Gasteiger partial charge is 0.246 e. The predicted octanol–water partition coefficient (Wildman–Crippen LogP) is 2.47. The Labute approximate surface area is 190 Å². The molecule has 1 aliphatic rings. The van der Waals surface area contributed by atoms with Crippen molar-refractivity contribution in [3.63, 3.8) is 0 Å². The first kappa shape index (κ1) is 23.4. The number of benzene rings is 2. The highest BCUT2D eigenvalue weighted by molar-refractivity contribution is 5.94. The second kappa shape index (κ2) is 12.0. The first-order chi connectivity index (χ1) is 15.6. The highest BCUT2D eigenvalue weighted by Gasteiger charge is 2.23. The zero-order chi connectivity index (χ0) is 22.8. The summed E-state index contributed by atoms with van der Waals surface area (Å²) in [6.07, 6.45) is 1.00. The third kappa shape index (κ3) is 7.16. The molecule has 3 rings (SSSR count). The van der Waals surface area contributed by atoms with E-state index >= 15 is 0 Å². The van der Waals surface area contributed by atoms with Gasteiger partial charge in [0.2, 0.25) is 5.91 Å². The Morgan fingerprint density at radius 3 is 2.50 bits per heavy atom. The Bertz CT molecular complexity index is 882. The lowest BCUT2D eigenvalue weighted by Crippen LogP contribution is -2.45. The average molecular weight is 440 g/mol. The SMILES string of the molecule is CCNC(=NCC(=O)Nc1ccccc1)NC1CCN(Cc2cc(OC)cc(OC)c2)C1. The lowest BCUT2D eigenvalue weighted by atomic mass is 10.2. The van der Waals surface area contributed by atoms with E-state index in [2.05, 4.69) is 25.8 Å². The zero-order valence-corrected chi connectivity index (χ0v) is 19.1. The number of rotatable bonds is 9. The first-order valence-electron chi connectivity index (χ1n) is 10.9. The van der Waals surface area contributed by atoms with Gasteiger partial charge in [-0.05, 0) is 43.2 Å². The topological polar surface area (TPSA) is 87.2 Å². The lowest BCUT2D eigenvalue weighted by Gasteiger charge is -2.19.